The van der Waals surface area contributed by atoms with Crippen LogP contribution < -0.4 is 0 Å². The number of aromatic nitrogens is 2. The third-order valence-electron chi connectivity index (χ3n) is 3.55. The zero-order valence-corrected chi connectivity index (χ0v) is 13.5. The van der Waals surface area contributed by atoms with Gasteiger partial charge in [-0.2, -0.15) is 0 Å². The number of thiophene rings is 1. The van der Waals surface area contributed by atoms with Crippen molar-refractivity contribution < 1.29 is 13.9 Å². The van der Waals surface area contributed by atoms with Gasteiger partial charge in [-0.15, -0.1) is 11.3 Å². The van der Waals surface area contributed by atoms with Crippen LogP contribution in [0.15, 0.2) is 41.7 Å². The fourth-order valence-electron chi connectivity index (χ4n) is 2.39. The van der Waals surface area contributed by atoms with Gasteiger partial charge in [0.15, 0.2) is 0 Å². The molecule has 1 aromatic carbocycles. The van der Waals surface area contributed by atoms with Gasteiger partial charge in [0.25, 0.3) is 0 Å². The number of carbonyl (C=O) groups excluding carboxylic acids is 1. The molecule has 3 heterocycles. The molecule has 2 aromatic heterocycles. The van der Waals surface area contributed by atoms with E-state index in [4.69, 9.17) is 4.74 Å². The van der Waals surface area contributed by atoms with Crippen molar-refractivity contribution in [2.45, 2.75) is 16.7 Å². The second-order valence-electron chi connectivity index (χ2n) is 5.07. The highest BCUT2D eigenvalue weighted by atomic mass is 32.2. The van der Waals surface area contributed by atoms with E-state index in [-0.39, 0.29) is 17.0 Å². The fraction of sp³-hybridized carbons (Fsp3) is 0.188. The van der Waals surface area contributed by atoms with Gasteiger partial charge in [-0.05, 0) is 23.8 Å². The summed E-state index contributed by atoms with van der Waals surface area (Å²) < 4.78 is 19.0. The molecule has 116 valence electrons. The fourth-order valence-corrected chi connectivity index (χ4v) is 4.63. The number of benzene rings is 1. The van der Waals surface area contributed by atoms with Crippen LogP contribution in [-0.2, 0) is 9.53 Å². The van der Waals surface area contributed by atoms with Crippen LogP contribution in [0.3, 0.4) is 0 Å². The monoisotopic (exact) mass is 346 g/mol. The Kier molecular flexibility index (Phi) is 3.74. The van der Waals surface area contributed by atoms with E-state index < -0.39 is 0 Å². The van der Waals surface area contributed by atoms with Crippen molar-refractivity contribution in [1.82, 2.24) is 9.97 Å². The average Bonchev–Trinajstić information content (AvgIpc) is 3.15. The zero-order chi connectivity index (χ0) is 15.8. The number of esters is 1. The van der Waals surface area contributed by atoms with Gasteiger partial charge in [0, 0.05) is 11.3 Å². The molecule has 1 aliphatic heterocycles. The molecule has 7 heteroatoms. The van der Waals surface area contributed by atoms with Gasteiger partial charge in [0.05, 0.1) is 16.8 Å². The maximum atomic E-state index is 13.1. The molecule has 0 bridgehead atoms. The highest BCUT2D eigenvalue weighted by Crippen LogP contribution is 2.39. The van der Waals surface area contributed by atoms with E-state index in [2.05, 4.69) is 9.97 Å². The predicted octanol–water partition coefficient (Wildman–Crippen LogP) is 3.91. The number of halogens is 1. The van der Waals surface area contributed by atoms with Gasteiger partial charge in [-0.3, -0.25) is 4.79 Å². The molecule has 0 unspecified atom stereocenters. The molecule has 4 nitrogen and oxygen atoms in total. The van der Waals surface area contributed by atoms with Crippen molar-refractivity contribution in [2.75, 3.05) is 6.61 Å². The quantitative estimate of drug-likeness (QED) is 0.532. The first-order chi connectivity index (χ1) is 11.2. The minimum atomic E-state index is -0.259. The number of ether oxygens (including phenoxy) is 1. The number of fused-ring (bicyclic) bond motifs is 1. The summed E-state index contributed by atoms with van der Waals surface area (Å²) in [6, 6.07) is 8.33. The molecule has 1 aliphatic rings. The lowest BCUT2D eigenvalue weighted by Crippen LogP contribution is -2.09. The summed E-state index contributed by atoms with van der Waals surface area (Å²) in [4.78, 5) is 21.3. The molecule has 0 spiro atoms. The number of cyclic esters (lactones) is 1. The number of carbonyl (C=O) groups is 1. The molecular weight excluding hydrogens is 335 g/mol. The molecule has 3 aromatic rings. The van der Waals surface area contributed by atoms with E-state index in [9.17, 15) is 9.18 Å². The SMILES string of the molecule is O=C1OCC[C@@H]1Sc1ncnc2cc(-c3ccc(F)cc3)sc12. The van der Waals surface area contributed by atoms with Crippen molar-refractivity contribution in [2.24, 2.45) is 0 Å². The Morgan fingerprint density at radius 1 is 1.26 bits per heavy atom. The van der Waals surface area contributed by atoms with Crippen molar-refractivity contribution in [1.29, 1.82) is 0 Å². The molecule has 0 radical (unpaired) electrons. The van der Waals surface area contributed by atoms with Gasteiger partial charge in [-0.25, -0.2) is 14.4 Å². The number of nitrogens with zero attached hydrogens (tertiary/aromatic N) is 2. The third-order valence-corrected chi connectivity index (χ3v) is 6.10. The molecule has 0 saturated carbocycles. The van der Waals surface area contributed by atoms with Crippen LogP contribution in [0.2, 0.25) is 0 Å². The lowest BCUT2D eigenvalue weighted by molar-refractivity contribution is -0.137. The Morgan fingerprint density at radius 2 is 2.09 bits per heavy atom. The Bertz CT molecular complexity index is 879. The summed E-state index contributed by atoms with van der Waals surface area (Å²) in [6.07, 6.45) is 2.21. The normalized spacial score (nSPS) is 17.6. The summed E-state index contributed by atoms with van der Waals surface area (Å²) >= 11 is 2.97. The third kappa shape index (κ3) is 2.82. The van der Waals surface area contributed by atoms with E-state index in [1.54, 1.807) is 23.5 Å². The van der Waals surface area contributed by atoms with Gasteiger partial charge in [-0.1, -0.05) is 23.9 Å². The van der Waals surface area contributed by atoms with Crippen molar-refractivity contribution in [3.05, 3.63) is 42.5 Å². The number of hydrogen-bond donors (Lipinski definition) is 0. The maximum absolute atomic E-state index is 13.1. The maximum Gasteiger partial charge on any atom is 0.319 e. The molecule has 1 saturated heterocycles. The molecule has 1 atom stereocenters. The van der Waals surface area contributed by atoms with E-state index in [1.807, 2.05) is 6.07 Å². The number of rotatable bonds is 3. The van der Waals surface area contributed by atoms with Gasteiger partial charge < -0.3 is 4.74 Å². The standard InChI is InChI=1S/C16H11FN2O2S2/c17-10-3-1-9(2-4-10)13-7-11-14(22-13)15(19-8-18-11)23-12-5-6-21-16(12)20/h1-4,7-8,12H,5-6H2/t12-/m0/s1. The highest BCUT2D eigenvalue weighted by Gasteiger charge is 2.29. The van der Waals surface area contributed by atoms with Crippen molar-refractivity contribution in [3.63, 3.8) is 0 Å². The smallest absolute Gasteiger partial charge is 0.319 e. The number of thioether (sulfide) groups is 1. The highest BCUT2D eigenvalue weighted by molar-refractivity contribution is 8.00. The molecule has 4 rings (SSSR count). The summed E-state index contributed by atoms with van der Waals surface area (Å²) in [6.45, 7) is 0.468. The van der Waals surface area contributed by atoms with E-state index in [1.165, 1.54) is 30.2 Å². The Labute approximate surface area is 139 Å². The molecular formula is C16H11FN2O2S2. The summed E-state index contributed by atoms with van der Waals surface area (Å²) in [7, 11) is 0. The Hall–Kier alpha value is -1.99. The van der Waals surface area contributed by atoms with Crippen LogP contribution in [0.25, 0.3) is 20.7 Å². The average molecular weight is 346 g/mol. The summed E-state index contributed by atoms with van der Waals surface area (Å²) in [5.74, 6) is -0.442. The van der Waals surface area contributed by atoms with E-state index in [0.29, 0.717) is 13.0 Å². The van der Waals surface area contributed by atoms with Crippen LogP contribution in [0.4, 0.5) is 4.39 Å². The van der Waals surface area contributed by atoms with Crippen molar-refractivity contribution >= 4 is 39.3 Å². The molecule has 23 heavy (non-hydrogen) atoms. The summed E-state index contributed by atoms with van der Waals surface area (Å²) in [5.41, 5.74) is 1.77. The molecule has 0 aliphatic carbocycles. The van der Waals surface area contributed by atoms with Crippen molar-refractivity contribution in [3.8, 4) is 10.4 Å². The van der Waals surface area contributed by atoms with Gasteiger partial charge in [0.1, 0.15) is 22.4 Å². The Balaban J connectivity index is 1.72. The lowest BCUT2D eigenvalue weighted by atomic mass is 10.2. The number of hydrogen-bond acceptors (Lipinski definition) is 6. The lowest BCUT2D eigenvalue weighted by Gasteiger charge is -2.04. The topological polar surface area (TPSA) is 52.1 Å². The van der Waals surface area contributed by atoms with Crippen LogP contribution in [0.1, 0.15) is 6.42 Å². The zero-order valence-electron chi connectivity index (χ0n) is 11.9. The first kappa shape index (κ1) is 14.6. The first-order valence-electron chi connectivity index (χ1n) is 7.04. The molecule has 0 N–H and O–H groups in total. The van der Waals surface area contributed by atoms with E-state index >= 15 is 0 Å². The largest absolute Gasteiger partial charge is 0.465 e. The van der Waals surface area contributed by atoms with Crippen LogP contribution in [0, 0.1) is 5.82 Å². The predicted molar refractivity (Wildman–Crippen MR) is 88.0 cm³/mol. The summed E-state index contributed by atoms with van der Waals surface area (Å²) in [5, 5.41) is 0.585. The second kappa shape index (κ2) is 5.90. The van der Waals surface area contributed by atoms with Gasteiger partial charge >= 0.3 is 5.97 Å². The van der Waals surface area contributed by atoms with Crippen LogP contribution >= 0.6 is 23.1 Å². The van der Waals surface area contributed by atoms with Crippen LogP contribution in [-0.4, -0.2) is 27.8 Å². The second-order valence-corrected chi connectivity index (χ2v) is 7.32. The van der Waals surface area contributed by atoms with E-state index in [0.717, 1.165) is 25.7 Å². The first-order valence-corrected chi connectivity index (χ1v) is 8.74. The van der Waals surface area contributed by atoms with Crippen LogP contribution in [0.5, 0.6) is 0 Å². The Morgan fingerprint density at radius 3 is 2.83 bits per heavy atom. The minimum absolute atomic E-state index is 0.183. The van der Waals surface area contributed by atoms with Gasteiger partial charge in [0.2, 0.25) is 0 Å². The minimum Gasteiger partial charge on any atom is -0.465 e. The molecule has 1 fully saturated rings. The molecule has 0 amide bonds.